The number of rotatable bonds is 8. The van der Waals surface area contributed by atoms with Gasteiger partial charge in [-0.15, -0.1) is 0 Å². The number of fused-ring (bicyclic) bond motifs is 5. The minimum absolute atomic E-state index is 0.470. The smallest absolute Gasteiger partial charge is 0.0891 e. The lowest BCUT2D eigenvalue weighted by Crippen LogP contribution is -2.53. The highest BCUT2D eigenvalue weighted by Gasteiger charge is 2.60. The van der Waals surface area contributed by atoms with E-state index in [4.69, 9.17) is 5.11 Å². The highest BCUT2D eigenvalue weighted by molar-refractivity contribution is 5.48. The van der Waals surface area contributed by atoms with Gasteiger partial charge in [-0.3, -0.25) is 0 Å². The predicted octanol–water partition coefficient (Wildman–Crippen LogP) is 12.3. The molecule has 2 aromatic rings. The molecule has 2 heteroatoms. The van der Waals surface area contributed by atoms with Crippen LogP contribution in [0.4, 0.5) is 11.4 Å². The number of hydrogen-bond donors (Lipinski definition) is 0. The van der Waals surface area contributed by atoms with E-state index in [-0.39, 0.29) is 0 Å². The van der Waals surface area contributed by atoms with Crippen LogP contribution >= 0.6 is 0 Å². The van der Waals surface area contributed by atoms with Crippen LogP contribution in [0.25, 0.3) is 0 Å². The Morgan fingerprint density at radius 2 is 1.46 bits per heavy atom. The van der Waals surface area contributed by atoms with E-state index in [1.807, 2.05) is 30.3 Å². The molecule has 0 amide bonds. The standard InChI is InChI=1S/C39H56N2/c1-27(2)12-11-13-28(3)34-22-23-35-33-21-20-30-19-18-29(26-39(30,5)36(33)24-25-38(34,35)4)32-16-9-10-17-37(32)41-40-31-14-7-6-8-15-31/h6-10,14-17,27-30,33-36H,11-13,18-26H2,1-5H3/t28-,29?,30?,33+,34-,35+,36+,38-,39+/m1/s1. The Morgan fingerprint density at radius 3 is 2.27 bits per heavy atom. The Bertz CT molecular complexity index is 1190. The Labute approximate surface area is 251 Å². The van der Waals surface area contributed by atoms with E-state index in [0.717, 1.165) is 52.8 Å². The topological polar surface area (TPSA) is 24.7 Å². The Hall–Kier alpha value is -1.96. The summed E-state index contributed by atoms with van der Waals surface area (Å²) in [6, 6.07) is 19.1. The fourth-order valence-corrected chi connectivity index (χ4v) is 11.2. The summed E-state index contributed by atoms with van der Waals surface area (Å²) in [6.07, 6.45) is 17.3. The maximum absolute atomic E-state index is 4.79. The first-order valence-corrected chi connectivity index (χ1v) is 17.4. The molecule has 0 bridgehead atoms. The van der Waals surface area contributed by atoms with Crippen LogP contribution in [-0.4, -0.2) is 0 Å². The van der Waals surface area contributed by atoms with Gasteiger partial charge in [0.25, 0.3) is 0 Å². The molecule has 0 heterocycles. The molecule has 2 aromatic carbocycles. The first-order chi connectivity index (χ1) is 19.8. The van der Waals surface area contributed by atoms with Gasteiger partial charge in [0.1, 0.15) is 0 Å². The SMILES string of the molecule is CC(C)CCC[C@@H](C)[C@H]1CC[C@H]2[C@@H]3CCC4CCC(c5ccccc5N=Nc5ccccc5)C[C@]4(C)[C@H]3CC[C@]12C. The van der Waals surface area contributed by atoms with Gasteiger partial charge in [-0.25, -0.2) is 0 Å². The number of azo groups is 1. The van der Waals surface area contributed by atoms with Crippen molar-refractivity contribution in [3.63, 3.8) is 0 Å². The van der Waals surface area contributed by atoms with E-state index in [2.05, 4.69) is 64.0 Å². The Morgan fingerprint density at radius 1 is 0.732 bits per heavy atom. The van der Waals surface area contributed by atoms with Gasteiger partial charge in [-0.2, -0.15) is 10.2 Å². The zero-order valence-electron chi connectivity index (χ0n) is 26.7. The molecule has 0 saturated heterocycles. The highest BCUT2D eigenvalue weighted by Crippen LogP contribution is 2.69. The largest absolute Gasteiger partial charge is 0.151 e. The third kappa shape index (κ3) is 5.59. The van der Waals surface area contributed by atoms with Crippen molar-refractivity contribution in [3.8, 4) is 0 Å². The van der Waals surface area contributed by atoms with Gasteiger partial charge < -0.3 is 0 Å². The summed E-state index contributed by atoms with van der Waals surface area (Å²) in [5.74, 6) is 7.04. The quantitative estimate of drug-likeness (QED) is 0.291. The summed E-state index contributed by atoms with van der Waals surface area (Å²) in [4.78, 5) is 0. The maximum atomic E-state index is 4.79. The minimum atomic E-state index is 0.470. The third-order valence-corrected chi connectivity index (χ3v) is 13.2. The average molecular weight is 553 g/mol. The van der Waals surface area contributed by atoms with Crippen molar-refractivity contribution >= 4 is 11.4 Å². The van der Waals surface area contributed by atoms with Crippen LogP contribution in [0.15, 0.2) is 64.8 Å². The van der Waals surface area contributed by atoms with Gasteiger partial charge in [0.2, 0.25) is 0 Å². The second-order valence-corrected chi connectivity index (χ2v) is 15.8. The second kappa shape index (κ2) is 12.0. The molecule has 4 fully saturated rings. The van der Waals surface area contributed by atoms with Gasteiger partial charge in [0.05, 0.1) is 11.4 Å². The van der Waals surface area contributed by atoms with E-state index in [9.17, 15) is 0 Å². The summed E-state index contributed by atoms with van der Waals surface area (Å²) in [6.45, 7) is 12.9. The van der Waals surface area contributed by atoms with Gasteiger partial charge in [0, 0.05) is 0 Å². The van der Waals surface area contributed by atoms with Crippen molar-refractivity contribution in [2.75, 3.05) is 0 Å². The summed E-state index contributed by atoms with van der Waals surface area (Å²) >= 11 is 0. The van der Waals surface area contributed by atoms with Crippen molar-refractivity contribution in [1.29, 1.82) is 0 Å². The molecule has 0 aliphatic heterocycles. The molecule has 0 N–H and O–H groups in total. The first kappa shape index (κ1) is 29.1. The summed E-state index contributed by atoms with van der Waals surface area (Å²) < 4.78 is 0. The van der Waals surface area contributed by atoms with Crippen molar-refractivity contribution < 1.29 is 0 Å². The molecule has 41 heavy (non-hydrogen) atoms. The zero-order valence-corrected chi connectivity index (χ0v) is 26.7. The van der Waals surface area contributed by atoms with E-state index in [0.29, 0.717) is 16.7 Å². The Balaban J connectivity index is 1.19. The van der Waals surface area contributed by atoms with Crippen LogP contribution in [-0.2, 0) is 0 Å². The molecule has 0 aromatic heterocycles. The summed E-state index contributed by atoms with van der Waals surface area (Å²) in [5.41, 5.74) is 4.50. The monoisotopic (exact) mass is 552 g/mol. The van der Waals surface area contributed by atoms with E-state index in [1.54, 1.807) is 0 Å². The fourth-order valence-electron chi connectivity index (χ4n) is 11.2. The normalized spacial score (nSPS) is 37.5. The van der Waals surface area contributed by atoms with E-state index < -0.39 is 0 Å². The number of hydrogen-bond acceptors (Lipinski definition) is 2. The molecular weight excluding hydrogens is 496 g/mol. The average Bonchev–Trinajstić information content (AvgIpc) is 3.33. The molecule has 0 spiro atoms. The Kier molecular flexibility index (Phi) is 8.50. The van der Waals surface area contributed by atoms with Gasteiger partial charge in [-0.1, -0.05) is 90.3 Å². The second-order valence-electron chi connectivity index (χ2n) is 15.8. The summed E-state index contributed by atoms with van der Waals surface area (Å²) in [7, 11) is 0. The van der Waals surface area contributed by atoms with Gasteiger partial charge in [0.15, 0.2) is 0 Å². The van der Waals surface area contributed by atoms with Gasteiger partial charge in [-0.05, 0) is 140 Å². The van der Waals surface area contributed by atoms with E-state index in [1.165, 1.54) is 82.6 Å². The molecule has 2 unspecified atom stereocenters. The van der Waals surface area contributed by atoms with Crippen LogP contribution < -0.4 is 0 Å². The van der Waals surface area contributed by atoms with Crippen LogP contribution in [0, 0.1) is 52.3 Å². The number of nitrogens with zero attached hydrogens (tertiary/aromatic N) is 2. The molecule has 6 rings (SSSR count). The number of benzene rings is 2. The van der Waals surface area contributed by atoms with Crippen molar-refractivity contribution in [1.82, 2.24) is 0 Å². The molecule has 0 radical (unpaired) electrons. The van der Waals surface area contributed by atoms with E-state index >= 15 is 0 Å². The first-order valence-electron chi connectivity index (χ1n) is 17.4. The van der Waals surface area contributed by atoms with Crippen molar-refractivity contribution in [2.45, 2.75) is 118 Å². The molecule has 4 aliphatic rings. The molecule has 2 nitrogen and oxygen atoms in total. The molecular formula is C39H56N2. The highest BCUT2D eigenvalue weighted by atomic mass is 15.1. The lowest BCUT2D eigenvalue weighted by molar-refractivity contribution is -0.117. The molecule has 222 valence electrons. The molecule has 9 atom stereocenters. The van der Waals surface area contributed by atoms with Gasteiger partial charge >= 0.3 is 0 Å². The molecule has 4 saturated carbocycles. The van der Waals surface area contributed by atoms with Crippen LogP contribution in [0.2, 0.25) is 0 Å². The lowest BCUT2D eigenvalue weighted by atomic mass is 9.43. The van der Waals surface area contributed by atoms with Crippen molar-refractivity contribution in [2.24, 2.45) is 62.5 Å². The van der Waals surface area contributed by atoms with Crippen LogP contribution in [0.1, 0.15) is 123 Å². The van der Waals surface area contributed by atoms with Crippen molar-refractivity contribution in [3.05, 3.63) is 60.2 Å². The summed E-state index contributed by atoms with van der Waals surface area (Å²) in [5, 5.41) is 9.41. The molecule has 4 aliphatic carbocycles. The predicted molar refractivity (Wildman–Crippen MR) is 173 cm³/mol. The maximum Gasteiger partial charge on any atom is 0.0891 e. The zero-order chi connectivity index (χ0) is 28.6. The minimum Gasteiger partial charge on any atom is -0.151 e. The fraction of sp³-hybridized carbons (Fsp3) is 0.692. The third-order valence-electron chi connectivity index (χ3n) is 13.2. The lowest BCUT2D eigenvalue weighted by Gasteiger charge is -2.61. The van der Waals surface area contributed by atoms with Crippen LogP contribution in [0.5, 0.6) is 0 Å². The van der Waals surface area contributed by atoms with Crippen LogP contribution in [0.3, 0.4) is 0 Å².